The van der Waals surface area contributed by atoms with Gasteiger partial charge in [0.25, 0.3) is 0 Å². The molecular weight excluding hydrogens is 155 g/mol. The summed E-state index contributed by atoms with van der Waals surface area (Å²) in [5, 5.41) is 0. The maximum atomic E-state index is 10.6. The molecule has 0 aromatic carbocycles. The molecule has 0 aliphatic rings. The molecule has 0 bridgehead atoms. The van der Waals surface area contributed by atoms with Gasteiger partial charge in [-0.15, -0.1) is 0 Å². The predicted octanol–water partition coefficient (Wildman–Crippen LogP) is 0.0187. The molecule has 0 aromatic heterocycles. The summed E-state index contributed by atoms with van der Waals surface area (Å²) in [6, 6.07) is 0. The first-order chi connectivity index (χ1) is 4.52. The summed E-state index contributed by atoms with van der Waals surface area (Å²) in [5.74, 6) is 0. The van der Waals surface area contributed by atoms with Crippen LogP contribution in [0.2, 0.25) is 0 Å². The van der Waals surface area contributed by atoms with E-state index in [1.165, 1.54) is 0 Å². The third-order valence-electron chi connectivity index (χ3n) is 0.564. The minimum Gasteiger partial charge on any atom is -0.306 e. The van der Waals surface area contributed by atoms with E-state index < -0.39 is 20.7 Å². The molecule has 4 N–H and O–H groups in total. The van der Waals surface area contributed by atoms with Crippen molar-refractivity contribution in [3.05, 3.63) is 0 Å². The predicted molar refractivity (Wildman–Crippen MR) is 38.5 cm³/mol. The number of nitrogens with two attached hydrogens (primary N) is 2. The van der Waals surface area contributed by atoms with Gasteiger partial charge < -0.3 is 11.5 Å². The molecule has 62 valence electrons. The maximum absolute atomic E-state index is 10.6. The summed E-state index contributed by atoms with van der Waals surface area (Å²) < 4.78 is 19.8. The van der Waals surface area contributed by atoms with Crippen molar-refractivity contribution >= 4 is 8.25 Å². The van der Waals surface area contributed by atoms with Crippen LogP contribution in [-0.4, -0.2) is 12.5 Å². The lowest BCUT2D eigenvalue weighted by molar-refractivity contribution is 0.151. The first-order valence-corrected chi connectivity index (χ1v) is 4.13. The molecule has 0 aromatic rings. The van der Waals surface area contributed by atoms with Crippen molar-refractivity contribution in [1.82, 2.24) is 0 Å². The molecule has 0 saturated heterocycles. The van der Waals surface area contributed by atoms with Gasteiger partial charge in [-0.3, -0.25) is 13.6 Å². The lowest BCUT2D eigenvalue weighted by Crippen LogP contribution is -2.19. The van der Waals surface area contributed by atoms with Crippen LogP contribution in [0.1, 0.15) is 13.8 Å². The third kappa shape index (κ3) is 6.19. The van der Waals surface area contributed by atoms with E-state index in [9.17, 15) is 4.57 Å². The lowest BCUT2D eigenvalue weighted by Gasteiger charge is -2.09. The van der Waals surface area contributed by atoms with Crippen molar-refractivity contribution < 1.29 is 13.6 Å². The van der Waals surface area contributed by atoms with Crippen LogP contribution < -0.4 is 11.5 Å². The van der Waals surface area contributed by atoms with E-state index in [0.29, 0.717) is 0 Å². The van der Waals surface area contributed by atoms with Gasteiger partial charge in [0.15, 0.2) is 0 Å². The standard InChI is InChI=1S/C4H13N2O3P/c1-3(5)8-10(7)9-4(2)6/h3-4,10H,5-6H2,1-2H3/t3-,4-/m1/s1. The number of hydrogen-bond donors (Lipinski definition) is 2. The second-order valence-electron chi connectivity index (χ2n) is 1.90. The molecule has 0 aliphatic heterocycles. The molecular formula is C4H13N2O3P. The molecule has 0 radical (unpaired) electrons. The molecule has 6 heteroatoms. The van der Waals surface area contributed by atoms with Crippen molar-refractivity contribution in [3.63, 3.8) is 0 Å². The third-order valence-corrected chi connectivity index (χ3v) is 1.69. The van der Waals surface area contributed by atoms with Gasteiger partial charge in [0.05, 0.1) is 0 Å². The van der Waals surface area contributed by atoms with Gasteiger partial charge >= 0.3 is 8.25 Å². The highest BCUT2D eigenvalue weighted by atomic mass is 31.1. The molecule has 2 atom stereocenters. The Hall–Kier alpha value is 0.0700. The summed E-state index contributed by atoms with van der Waals surface area (Å²) in [6.45, 7) is 3.13. The van der Waals surface area contributed by atoms with Crippen molar-refractivity contribution in [1.29, 1.82) is 0 Å². The maximum Gasteiger partial charge on any atom is 0.322 e. The zero-order valence-corrected chi connectivity index (χ0v) is 7.03. The topological polar surface area (TPSA) is 87.6 Å². The van der Waals surface area contributed by atoms with E-state index in [-0.39, 0.29) is 0 Å². The monoisotopic (exact) mass is 168 g/mol. The number of rotatable bonds is 4. The van der Waals surface area contributed by atoms with Gasteiger partial charge in [-0.05, 0) is 13.8 Å². The molecule has 0 amide bonds. The van der Waals surface area contributed by atoms with Crippen molar-refractivity contribution in [2.24, 2.45) is 11.5 Å². The van der Waals surface area contributed by atoms with Crippen LogP contribution in [0.3, 0.4) is 0 Å². The van der Waals surface area contributed by atoms with E-state index in [1.54, 1.807) is 13.8 Å². The fourth-order valence-corrected chi connectivity index (χ4v) is 0.994. The van der Waals surface area contributed by atoms with Crippen LogP contribution in [0.5, 0.6) is 0 Å². The van der Waals surface area contributed by atoms with Gasteiger partial charge in [-0.25, -0.2) is 0 Å². The van der Waals surface area contributed by atoms with Crippen LogP contribution in [0.25, 0.3) is 0 Å². The van der Waals surface area contributed by atoms with Crippen molar-refractivity contribution in [2.75, 3.05) is 0 Å². The van der Waals surface area contributed by atoms with E-state index >= 15 is 0 Å². The highest BCUT2D eigenvalue weighted by Gasteiger charge is 2.04. The molecule has 5 nitrogen and oxygen atoms in total. The fourth-order valence-electron chi connectivity index (χ4n) is 0.331. The van der Waals surface area contributed by atoms with Crippen LogP contribution in [0.4, 0.5) is 0 Å². The van der Waals surface area contributed by atoms with Crippen LogP contribution >= 0.6 is 8.25 Å². The highest BCUT2D eigenvalue weighted by molar-refractivity contribution is 7.33. The minimum atomic E-state index is -2.49. The van der Waals surface area contributed by atoms with Crippen molar-refractivity contribution in [2.45, 2.75) is 26.3 Å². The normalized spacial score (nSPS) is 17.3. The van der Waals surface area contributed by atoms with Gasteiger partial charge in [0.2, 0.25) is 0 Å². The van der Waals surface area contributed by atoms with E-state index in [1.807, 2.05) is 0 Å². The quantitative estimate of drug-likeness (QED) is 0.456. The van der Waals surface area contributed by atoms with E-state index in [0.717, 1.165) is 0 Å². The Bertz CT molecular complexity index is 105. The molecule has 0 aliphatic carbocycles. The molecule has 0 saturated carbocycles. The Labute approximate surface area is 60.6 Å². The summed E-state index contributed by atoms with van der Waals surface area (Å²) >= 11 is 0. The Kier molecular flexibility index (Phi) is 4.85. The number of hydrogen-bond acceptors (Lipinski definition) is 5. The van der Waals surface area contributed by atoms with Gasteiger partial charge in [0.1, 0.15) is 12.5 Å². The SMILES string of the molecule is C[C@H](N)O[PH](=O)O[C@H](C)N. The van der Waals surface area contributed by atoms with Gasteiger partial charge in [0, 0.05) is 0 Å². The Morgan fingerprint density at radius 2 is 1.50 bits per heavy atom. The van der Waals surface area contributed by atoms with E-state index in [4.69, 9.17) is 11.5 Å². The van der Waals surface area contributed by atoms with E-state index in [2.05, 4.69) is 9.05 Å². The van der Waals surface area contributed by atoms with Gasteiger partial charge in [-0.1, -0.05) is 0 Å². The van der Waals surface area contributed by atoms with Crippen LogP contribution in [-0.2, 0) is 13.6 Å². The molecule has 0 rings (SSSR count). The lowest BCUT2D eigenvalue weighted by atomic mass is 10.7. The first kappa shape index (κ1) is 10.1. The Morgan fingerprint density at radius 1 is 1.20 bits per heavy atom. The minimum absolute atomic E-state index is 0.579. The zero-order valence-electron chi connectivity index (χ0n) is 6.03. The molecule has 0 fully saturated rings. The second-order valence-corrected chi connectivity index (χ2v) is 2.87. The highest BCUT2D eigenvalue weighted by Crippen LogP contribution is 2.25. The Balaban J connectivity index is 3.44. The molecule has 0 unspecified atom stereocenters. The Morgan fingerprint density at radius 3 is 1.70 bits per heavy atom. The summed E-state index contributed by atoms with van der Waals surface area (Å²) in [7, 11) is -2.49. The summed E-state index contributed by atoms with van der Waals surface area (Å²) in [6.07, 6.45) is -1.16. The van der Waals surface area contributed by atoms with Gasteiger partial charge in [-0.2, -0.15) is 0 Å². The summed E-state index contributed by atoms with van der Waals surface area (Å²) in [5.41, 5.74) is 10.3. The summed E-state index contributed by atoms with van der Waals surface area (Å²) in [4.78, 5) is 0. The smallest absolute Gasteiger partial charge is 0.306 e. The average Bonchev–Trinajstić information content (AvgIpc) is 1.58. The average molecular weight is 168 g/mol. The second kappa shape index (κ2) is 4.82. The fraction of sp³-hybridized carbons (Fsp3) is 1.00. The van der Waals surface area contributed by atoms with Crippen LogP contribution in [0.15, 0.2) is 0 Å². The zero-order chi connectivity index (χ0) is 8.15. The van der Waals surface area contributed by atoms with Crippen molar-refractivity contribution in [3.8, 4) is 0 Å². The molecule has 0 spiro atoms. The first-order valence-electron chi connectivity index (χ1n) is 2.91. The molecule has 10 heavy (non-hydrogen) atoms. The largest absolute Gasteiger partial charge is 0.322 e. The molecule has 0 heterocycles. The van der Waals surface area contributed by atoms with Crippen LogP contribution in [0, 0.1) is 0 Å².